The van der Waals surface area contributed by atoms with Crippen LogP contribution in [0, 0.1) is 0 Å². The van der Waals surface area contributed by atoms with Crippen molar-refractivity contribution in [1.82, 2.24) is 0 Å². The average Bonchev–Trinajstić information content (AvgIpc) is 2.89. The van der Waals surface area contributed by atoms with E-state index in [1.54, 1.807) is 0 Å². The number of phenols is 2. The van der Waals surface area contributed by atoms with Crippen molar-refractivity contribution in [3.63, 3.8) is 0 Å². The first-order valence-corrected chi connectivity index (χ1v) is 23.8. The maximum absolute atomic E-state index is 11.2. The van der Waals surface area contributed by atoms with Crippen LogP contribution in [0.2, 0.25) is 39.3 Å². The SMILES string of the molecule is CC(=O)[O-].CC(=O)[O-].CC(C)(C)c1cc([Si](C)(C)C)cc(C=NC2CCCCC2N=Cc2cc([Si](C)(C)C)cc(C(C)(C)C)c2O)c1O.[Co+2]. The molecule has 2 atom stereocenters. The zero-order valence-electron chi connectivity index (χ0n) is 32.2. The van der Waals surface area contributed by atoms with E-state index in [2.05, 4.69) is 105 Å². The van der Waals surface area contributed by atoms with Gasteiger partial charge >= 0.3 is 16.8 Å². The quantitative estimate of drug-likeness (QED) is 0.309. The van der Waals surface area contributed by atoms with Crippen LogP contribution in [0.15, 0.2) is 34.3 Å². The normalized spacial score (nSPS) is 17.0. The molecule has 0 spiro atoms. The van der Waals surface area contributed by atoms with Gasteiger partial charge in [0.15, 0.2) is 0 Å². The fourth-order valence-electron chi connectivity index (χ4n) is 5.31. The molecule has 1 aliphatic rings. The van der Waals surface area contributed by atoms with Crippen LogP contribution in [0.3, 0.4) is 0 Å². The molecule has 2 aromatic carbocycles. The van der Waals surface area contributed by atoms with Crippen molar-refractivity contribution >= 4 is 50.9 Å². The molecule has 0 aliphatic heterocycles. The second kappa shape index (κ2) is 18.5. The smallest absolute Gasteiger partial charge is 0.550 e. The molecule has 1 fully saturated rings. The van der Waals surface area contributed by atoms with E-state index in [9.17, 15) is 10.2 Å². The molecule has 0 amide bonds. The summed E-state index contributed by atoms with van der Waals surface area (Å²) >= 11 is 0. The molecule has 2 N–H and O–H groups in total. The topological polar surface area (TPSA) is 145 Å². The number of hydrogen-bond acceptors (Lipinski definition) is 8. The molecule has 1 aliphatic carbocycles. The van der Waals surface area contributed by atoms with Gasteiger partial charge in [-0.1, -0.05) is 128 Å². The number of carbonyl (C=O) groups is 2. The maximum Gasteiger partial charge on any atom is 2.00 e. The summed E-state index contributed by atoms with van der Waals surface area (Å²) in [6, 6.07) is 8.83. The molecule has 275 valence electrons. The fraction of sp³-hybridized carbons (Fsp3) is 0.579. The number of aliphatic imine (C=N–C) groups is 2. The Kier molecular flexibility index (Phi) is 17.4. The summed E-state index contributed by atoms with van der Waals surface area (Å²) in [5.41, 5.74) is 3.29. The van der Waals surface area contributed by atoms with Crippen molar-refractivity contribution in [1.29, 1.82) is 0 Å². The van der Waals surface area contributed by atoms with Crippen LogP contribution in [0.25, 0.3) is 0 Å². The zero-order chi connectivity index (χ0) is 37.4. The molecule has 49 heavy (non-hydrogen) atoms. The molecule has 1 radical (unpaired) electrons. The fourth-order valence-corrected chi connectivity index (χ4v) is 7.64. The van der Waals surface area contributed by atoms with E-state index in [0.717, 1.165) is 61.8 Å². The second-order valence-corrected chi connectivity index (χ2v) is 27.0. The molecule has 0 heterocycles. The monoisotopic (exact) mass is 755 g/mol. The number of carboxylic acids is 2. The molecular weight excluding hydrogens is 696 g/mol. The Morgan fingerprint density at radius 2 is 0.939 bits per heavy atom. The number of hydrogen-bond donors (Lipinski definition) is 2. The predicted molar refractivity (Wildman–Crippen MR) is 202 cm³/mol. The van der Waals surface area contributed by atoms with E-state index in [0.29, 0.717) is 11.5 Å². The second-order valence-electron chi connectivity index (χ2n) is 16.9. The summed E-state index contributed by atoms with van der Waals surface area (Å²) in [5.74, 6) is -1.48. The minimum atomic E-state index is -1.59. The largest absolute Gasteiger partial charge is 2.00 e. The molecule has 2 aromatic rings. The molecule has 0 bridgehead atoms. The summed E-state index contributed by atoms with van der Waals surface area (Å²) in [5, 5.41) is 42.9. The standard InChI is InChI=1S/C34H54N2O2Si2.2C2H4O2.Co/c1-33(2,3)27-19-25(39(7,8)9)17-23(31(27)37)21-35-29-15-13-14-16-30(29)36-22-24-18-26(40(10,11)12)20-28(32(24)38)34(4,5)6;2*1-2(3)4;/h17-22,29-30,37-38H,13-16H2,1-12H3;2*1H3,(H,3,4);/q;;;+2/p-2. The van der Waals surface area contributed by atoms with E-state index in [1.165, 1.54) is 10.4 Å². The summed E-state index contributed by atoms with van der Waals surface area (Å²) in [4.78, 5) is 27.9. The number of carbonyl (C=O) groups excluding carboxylic acids is 2. The maximum atomic E-state index is 11.2. The van der Waals surface area contributed by atoms with Crippen molar-refractivity contribution in [2.45, 2.75) is 143 Å². The van der Waals surface area contributed by atoms with Gasteiger partial charge in [0.2, 0.25) is 0 Å². The molecular formula is C38H60CoN2O6Si2. The zero-order valence-corrected chi connectivity index (χ0v) is 35.2. The first-order valence-electron chi connectivity index (χ1n) is 16.8. The number of carboxylic acid groups (broad SMARTS) is 2. The Bertz CT molecular complexity index is 1360. The van der Waals surface area contributed by atoms with E-state index in [4.69, 9.17) is 29.8 Å². The van der Waals surface area contributed by atoms with Gasteiger partial charge in [0.1, 0.15) is 11.5 Å². The van der Waals surface area contributed by atoms with Crippen LogP contribution in [0.1, 0.15) is 103 Å². The van der Waals surface area contributed by atoms with Gasteiger partial charge in [-0.25, -0.2) is 0 Å². The van der Waals surface area contributed by atoms with Gasteiger partial charge in [-0.15, -0.1) is 0 Å². The van der Waals surface area contributed by atoms with Crippen LogP contribution in [0.5, 0.6) is 11.5 Å². The van der Waals surface area contributed by atoms with Crippen molar-refractivity contribution in [3.8, 4) is 11.5 Å². The summed E-state index contributed by atoms with van der Waals surface area (Å²) < 4.78 is 0. The van der Waals surface area contributed by atoms with Crippen LogP contribution in [-0.2, 0) is 37.2 Å². The molecule has 8 nitrogen and oxygen atoms in total. The van der Waals surface area contributed by atoms with E-state index in [1.807, 2.05) is 12.4 Å². The number of benzene rings is 2. The summed E-state index contributed by atoms with van der Waals surface area (Å²) in [7, 11) is -3.18. The van der Waals surface area contributed by atoms with Gasteiger partial charge in [0, 0.05) is 35.5 Å². The van der Waals surface area contributed by atoms with Crippen LogP contribution >= 0.6 is 0 Å². The van der Waals surface area contributed by atoms with Gasteiger partial charge in [-0.05, 0) is 48.6 Å². The van der Waals surface area contributed by atoms with Gasteiger partial charge < -0.3 is 30.0 Å². The number of phenolic OH excluding ortho intramolecular Hbond substituents is 2. The summed E-state index contributed by atoms with van der Waals surface area (Å²) in [6.07, 6.45) is 8.02. The Labute approximate surface area is 307 Å². The van der Waals surface area contributed by atoms with Gasteiger partial charge in [-0.2, -0.15) is 0 Å². The van der Waals surface area contributed by atoms with E-state index < -0.39 is 28.1 Å². The minimum absolute atomic E-state index is 0. The van der Waals surface area contributed by atoms with Gasteiger partial charge in [-0.3, -0.25) is 9.98 Å². The third-order valence-corrected chi connectivity index (χ3v) is 12.2. The third kappa shape index (κ3) is 15.4. The Hall–Kier alpha value is -2.74. The third-order valence-electron chi connectivity index (χ3n) is 8.13. The first kappa shape index (κ1) is 46.3. The van der Waals surface area contributed by atoms with Crippen LogP contribution < -0.4 is 20.6 Å². The van der Waals surface area contributed by atoms with Crippen molar-refractivity contribution in [3.05, 3.63) is 46.5 Å². The summed E-state index contributed by atoms with van der Waals surface area (Å²) in [6.45, 7) is 28.9. The molecule has 11 heteroatoms. The Morgan fingerprint density at radius 3 is 1.16 bits per heavy atom. The van der Waals surface area contributed by atoms with Crippen LogP contribution in [0.4, 0.5) is 0 Å². The van der Waals surface area contributed by atoms with Crippen molar-refractivity contribution in [2.75, 3.05) is 0 Å². The molecule has 0 aromatic heterocycles. The Balaban J connectivity index is 0.00000230. The molecule has 0 saturated heterocycles. The van der Waals surface area contributed by atoms with Crippen molar-refractivity contribution in [2.24, 2.45) is 9.98 Å². The van der Waals surface area contributed by atoms with Gasteiger partial charge in [0.25, 0.3) is 0 Å². The predicted octanol–water partition coefficient (Wildman–Crippen LogP) is 5.14. The number of aromatic hydroxyl groups is 2. The molecule has 1 saturated carbocycles. The molecule has 2 unspecified atom stereocenters. The number of aliphatic carboxylic acids is 2. The van der Waals surface area contributed by atoms with Gasteiger partial charge in [0.05, 0.1) is 28.2 Å². The average molecular weight is 756 g/mol. The van der Waals surface area contributed by atoms with Crippen molar-refractivity contribution < 1.29 is 46.8 Å². The van der Waals surface area contributed by atoms with E-state index >= 15 is 0 Å². The number of nitrogens with zero attached hydrogens (tertiary/aromatic N) is 2. The van der Waals surface area contributed by atoms with Crippen LogP contribution in [-0.4, -0.2) is 62.8 Å². The first-order chi connectivity index (χ1) is 21.7. The van der Waals surface area contributed by atoms with E-state index in [-0.39, 0.29) is 39.7 Å². The minimum Gasteiger partial charge on any atom is -0.550 e. The Morgan fingerprint density at radius 1 is 0.673 bits per heavy atom. The molecule has 3 rings (SSSR count). The number of rotatable bonds is 6.